The van der Waals surface area contributed by atoms with Crippen molar-refractivity contribution in [1.29, 1.82) is 0 Å². The monoisotopic (exact) mass is 688 g/mol. The van der Waals surface area contributed by atoms with Gasteiger partial charge in [0.15, 0.2) is 6.61 Å². The van der Waals surface area contributed by atoms with Crippen LogP contribution in [0.5, 0.6) is 11.5 Å². The van der Waals surface area contributed by atoms with Gasteiger partial charge in [0.25, 0.3) is 0 Å². The van der Waals surface area contributed by atoms with Gasteiger partial charge in [-0.05, 0) is 42.7 Å². The lowest BCUT2D eigenvalue weighted by Gasteiger charge is -2.17. The summed E-state index contributed by atoms with van der Waals surface area (Å²) in [5.41, 5.74) is -0.630. The topological polar surface area (TPSA) is 118 Å². The first-order chi connectivity index (χ1) is 22.4. The lowest BCUT2D eigenvalue weighted by Crippen LogP contribution is -2.35. The standard InChI is InChI=1S/C34H49F4N2O6P/c1-2-3-4-5-6-7-8-9-10-11-12-13-14-15-33(41)40-28(24-32(35)47(42,43)44)22-27-16-18-30(19-17-27)45-25-29-23-31(20-21-39-29)46-26-34(36,37)38/h16-21,23-24,28H,2-15,22,25-26H2,1H3,(H,40,41)(H2,42,43,44). The molecule has 264 valence electrons. The molecule has 8 nitrogen and oxygen atoms in total. The highest BCUT2D eigenvalue weighted by molar-refractivity contribution is 7.56. The number of nitrogens with one attached hydrogen (secondary N) is 1. The lowest BCUT2D eigenvalue weighted by atomic mass is 10.0. The number of nitrogens with zero attached hydrogens (tertiary/aromatic N) is 1. The van der Waals surface area contributed by atoms with Crippen LogP contribution in [0.1, 0.15) is 108 Å². The van der Waals surface area contributed by atoms with Crippen LogP contribution < -0.4 is 14.8 Å². The summed E-state index contributed by atoms with van der Waals surface area (Å²) in [6.07, 6.45) is 13.1. The van der Waals surface area contributed by atoms with Gasteiger partial charge in [0.2, 0.25) is 11.5 Å². The van der Waals surface area contributed by atoms with Gasteiger partial charge in [-0.2, -0.15) is 17.6 Å². The zero-order chi connectivity index (χ0) is 34.5. The number of amides is 1. The fourth-order valence-corrected chi connectivity index (χ4v) is 5.29. The largest absolute Gasteiger partial charge is 0.487 e. The number of halogens is 4. The van der Waals surface area contributed by atoms with Crippen LogP contribution in [0.25, 0.3) is 0 Å². The summed E-state index contributed by atoms with van der Waals surface area (Å²) in [4.78, 5) is 35.1. The lowest BCUT2D eigenvalue weighted by molar-refractivity contribution is -0.153. The van der Waals surface area contributed by atoms with Crippen molar-refractivity contribution in [3.63, 3.8) is 0 Å². The van der Waals surface area contributed by atoms with E-state index < -0.39 is 32.0 Å². The van der Waals surface area contributed by atoms with Crippen molar-refractivity contribution >= 4 is 13.5 Å². The molecule has 2 rings (SSSR count). The Morgan fingerprint density at radius 2 is 1.47 bits per heavy atom. The maximum Gasteiger partial charge on any atom is 0.422 e. The Morgan fingerprint density at radius 1 is 0.894 bits per heavy atom. The number of hydrogen-bond acceptors (Lipinski definition) is 5. The molecule has 0 aliphatic rings. The van der Waals surface area contributed by atoms with E-state index in [1.54, 1.807) is 24.3 Å². The third-order valence-electron chi connectivity index (χ3n) is 7.43. The molecule has 3 N–H and O–H groups in total. The van der Waals surface area contributed by atoms with Crippen molar-refractivity contribution in [2.24, 2.45) is 0 Å². The van der Waals surface area contributed by atoms with E-state index in [4.69, 9.17) is 9.47 Å². The van der Waals surface area contributed by atoms with E-state index in [0.29, 0.717) is 23.4 Å². The third-order valence-corrected chi connectivity index (χ3v) is 8.13. The van der Waals surface area contributed by atoms with Gasteiger partial charge in [0, 0.05) is 18.7 Å². The number of carbonyl (C=O) groups is 1. The molecule has 0 fully saturated rings. The second-order valence-corrected chi connectivity index (χ2v) is 13.2. The first-order valence-corrected chi connectivity index (χ1v) is 18.1. The number of carbonyl (C=O) groups excluding carboxylic acids is 1. The number of pyridine rings is 1. The molecule has 1 atom stereocenters. The van der Waals surface area contributed by atoms with Crippen molar-refractivity contribution in [2.45, 2.75) is 122 Å². The molecule has 0 saturated carbocycles. The molecule has 13 heteroatoms. The van der Waals surface area contributed by atoms with Crippen molar-refractivity contribution < 1.29 is 46.2 Å². The molecule has 1 amide bonds. The predicted molar refractivity (Wildman–Crippen MR) is 174 cm³/mol. The smallest absolute Gasteiger partial charge is 0.422 e. The van der Waals surface area contributed by atoms with Gasteiger partial charge in [-0.3, -0.25) is 14.3 Å². The van der Waals surface area contributed by atoms with Gasteiger partial charge in [-0.15, -0.1) is 0 Å². The van der Waals surface area contributed by atoms with Crippen molar-refractivity contribution in [3.05, 3.63) is 65.5 Å². The minimum absolute atomic E-state index is 0.00374. The highest BCUT2D eigenvalue weighted by Gasteiger charge is 2.28. The van der Waals surface area contributed by atoms with Crippen LogP contribution in [0.3, 0.4) is 0 Å². The molecular weight excluding hydrogens is 639 g/mol. The van der Waals surface area contributed by atoms with E-state index in [-0.39, 0.29) is 31.1 Å². The van der Waals surface area contributed by atoms with Crippen LogP contribution in [0.4, 0.5) is 17.6 Å². The van der Waals surface area contributed by atoms with E-state index >= 15 is 0 Å². The summed E-state index contributed by atoms with van der Waals surface area (Å²) >= 11 is 0. The normalized spacial score (nSPS) is 13.0. The summed E-state index contributed by atoms with van der Waals surface area (Å²) in [6.45, 7) is 0.752. The summed E-state index contributed by atoms with van der Waals surface area (Å²) in [6, 6.07) is 8.17. The molecule has 0 radical (unpaired) electrons. The number of unbranched alkanes of at least 4 members (excludes halogenated alkanes) is 12. The molecule has 0 aliphatic heterocycles. The van der Waals surface area contributed by atoms with E-state index in [0.717, 1.165) is 25.3 Å². The summed E-state index contributed by atoms with van der Waals surface area (Å²) in [7, 11) is -5.12. The molecule has 2 aromatic rings. The van der Waals surface area contributed by atoms with E-state index in [9.17, 15) is 36.7 Å². The Balaban J connectivity index is 1.79. The van der Waals surface area contributed by atoms with Gasteiger partial charge >= 0.3 is 13.8 Å². The average Bonchev–Trinajstić information content (AvgIpc) is 3.01. The van der Waals surface area contributed by atoms with Gasteiger partial charge in [-0.1, -0.05) is 96.1 Å². The second-order valence-electron chi connectivity index (χ2n) is 11.7. The summed E-state index contributed by atoms with van der Waals surface area (Å²) in [5, 5.41) is 2.68. The maximum absolute atomic E-state index is 14.2. The number of ether oxygens (including phenoxy) is 2. The summed E-state index contributed by atoms with van der Waals surface area (Å²) in [5.74, 6) is 0.0860. The third kappa shape index (κ3) is 19.5. The molecule has 0 bridgehead atoms. The molecule has 1 heterocycles. The van der Waals surface area contributed by atoms with Crippen LogP contribution in [0, 0.1) is 0 Å². The van der Waals surface area contributed by atoms with Crippen molar-refractivity contribution in [1.82, 2.24) is 10.3 Å². The fourth-order valence-electron chi connectivity index (χ4n) is 4.92. The van der Waals surface area contributed by atoms with E-state index in [2.05, 4.69) is 17.2 Å². The Morgan fingerprint density at radius 3 is 2.02 bits per heavy atom. The van der Waals surface area contributed by atoms with Crippen LogP contribution >= 0.6 is 7.60 Å². The Labute approximate surface area is 275 Å². The highest BCUT2D eigenvalue weighted by Crippen LogP contribution is 2.45. The van der Waals surface area contributed by atoms with Gasteiger partial charge in [0.1, 0.15) is 18.1 Å². The van der Waals surface area contributed by atoms with Crippen LogP contribution in [0.15, 0.2) is 54.2 Å². The highest BCUT2D eigenvalue weighted by atomic mass is 31.2. The van der Waals surface area contributed by atoms with Gasteiger partial charge < -0.3 is 24.6 Å². The van der Waals surface area contributed by atoms with Crippen molar-refractivity contribution in [2.75, 3.05) is 6.61 Å². The minimum atomic E-state index is -5.12. The second kappa shape index (κ2) is 21.8. The fraction of sp³-hybridized carbons (Fsp3) is 0.588. The molecule has 47 heavy (non-hydrogen) atoms. The molecule has 0 aliphatic carbocycles. The van der Waals surface area contributed by atoms with Gasteiger partial charge in [0.05, 0.1) is 11.7 Å². The van der Waals surface area contributed by atoms with E-state index in [1.165, 1.54) is 76.1 Å². The Hall–Kier alpha value is -2.95. The molecule has 1 aromatic heterocycles. The number of hydrogen-bond donors (Lipinski definition) is 3. The number of alkyl halides is 3. The maximum atomic E-state index is 14.2. The van der Waals surface area contributed by atoms with Crippen LogP contribution in [-0.4, -0.2) is 39.5 Å². The predicted octanol–water partition coefficient (Wildman–Crippen LogP) is 9.10. The molecule has 1 aromatic carbocycles. The number of aromatic nitrogens is 1. The zero-order valence-corrected chi connectivity index (χ0v) is 28.0. The minimum Gasteiger partial charge on any atom is -0.487 e. The number of benzene rings is 1. The Kier molecular flexibility index (Phi) is 18.7. The van der Waals surface area contributed by atoms with Crippen LogP contribution in [0.2, 0.25) is 0 Å². The quantitative estimate of drug-likeness (QED) is 0.0572. The first kappa shape index (κ1) is 40.2. The zero-order valence-electron chi connectivity index (χ0n) is 27.2. The number of rotatable bonds is 24. The van der Waals surface area contributed by atoms with E-state index in [1.807, 2.05) is 0 Å². The molecule has 0 saturated heterocycles. The summed E-state index contributed by atoms with van der Waals surface area (Å²) < 4.78 is 73.2. The Bertz CT molecular complexity index is 1250. The molecule has 1 unspecified atom stereocenters. The first-order valence-electron chi connectivity index (χ1n) is 16.4. The molecular formula is C34H49F4N2O6P. The molecule has 0 spiro atoms. The average molecular weight is 689 g/mol. The SMILES string of the molecule is CCCCCCCCCCCCCCCC(=O)NC(C=C(F)P(=O)(O)O)Cc1ccc(OCc2cc(OCC(F)(F)F)ccn2)cc1. The van der Waals surface area contributed by atoms with Crippen molar-refractivity contribution in [3.8, 4) is 11.5 Å². The van der Waals surface area contributed by atoms with Crippen LogP contribution in [-0.2, 0) is 22.4 Å². The van der Waals surface area contributed by atoms with Gasteiger partial charge in [-0.25, -0.2) is 0 Å².